The van der Waals surface area contributed by atoms with Gasteiger partial charge in [-0.3, -0.25) is 9.63 Å². The third-order valence-corrected chi connectivity index (χ3v) is 11.2. The Morgan fingerprint density at radius 3 is 2.66 bits per heavy atom. The number of nitrogens with one attached hydrogen (secondary N) is 2. The number of hydroxylamine groups is 1. The third-order valence-electron chi connectivity index (χ3n) is 6.64. The molecule has 29 heavy (non-hydrogen) atoms. The second kappa shape index (κ2) is 9.26. The van der Waals surface area contributed by atoms with Crippen LogP contribution in [0.3, 0.4) is 0 Å². The average Bonchev–Trinajstić information content (AvgIpc) is 2.97. The van der Waals surface area contributed by atoms with Crippen LogP contribution in [0.5, 0.6) is 0 Å². The average molecular weight is 420 g/mol. The molecule has 162 valence electrons. The van der Waals surface area contributed by atoms with E-state index in [1.54, 1.807) is 0 Å². The number of piperidine rings is 1. The summed E-state index contributed by atoms with van der Waals surface area (Å²) in [7, 11) is -1.77. The number of likely N-dealkylation sites (tertiary alicyclic amines) is 1. The van der Waals surface area contributed by atoms with Crippen LogP contribution in [0, 0.1) is 5.92 Å². The molecular weight excluding hydrogens is 382 g/mol. The van der Waals surface area contributed by atoms with Gasteiger partial charge in [-0.05, 0) is 30.1 Å². The third kappa shape index (κ3) is 5.67. The molecule has 0 unspecified atom stereocenters. The van der Waals surface area contributed by atoms with Crippen molar-refractivity contribution < 1.29 is 14.1 Å². The van der Waals surface area contributed by atoms with Gasteiger partial charge in [0.1, 0.15) is 0 Å². The molecule has 1 amide bonds. The van der Waals surface area contributed by atoms with E-state index in [2.05, 4.69) is 56.8 Å². The summed E-state index contributed by atoms with van der Waals surface area (Å²) >= 11 is 0. The van der Waals surface area contributed by atoms with E-state index in [9.17, 15) is 4.79 Å². The molecule has 0 radical (unpaired) electrons. The van der Waals surface area contributed by atoms with Gasteiger partial charge in [0.2, 0.25) is 5.91 Å². The molecule has 0 saturated carbocycles. The molecule has 2 aliphatic heterocycles. The molecule has 2 heterocycles. The zero-order valence-corrected chi connectivity index (χ0v) is 19.5. The highest BCUT2D eigenvalue weighted by Gasteiger charge is 2.44. The van der Waals surface area contributed by atoms with Gasteiger partial charge in [-0.25, -0.2) is 0 Å². The minimum Gasteiger partial charge on any atom is -0.415 e. The molecule has 1 aromatic carbocycles. The van der Waals surface area contributed by atoms with E-state index in [1.165, 1.54) is 0 Å². The Morgan fingerprint density at radius 1 is 1.24 bits per heavy atom. The number of hydrogen-bond acceptors (Lipinski definition) is 5. The lowest BCUT2D eigenvalue weighted by Crippen LogP contribution is -2.53. The standard InChI is InChI=1S/C22H37N3O3Si/c1-22(2,3)29(4,5)28-12-11-25-15-18-13-19(14-23-20(18)21(25)26)24-27-16-17-9-7-6-8-10-17/h6-10,18-20,23-24H,11-16H2,1-5H3/t18-,19+,20-/m0/s1. The van der Waals surface area contributed by atoms with E-state index in [1.807, 2.05) is 23.1 Å². The lowest BCUT2D eigenvalue weighted by molar-refractivity contribution is -0.130. The minimum atomic E-state index is -1.77. The molecule has 0 bridgehead atoms. The molecule has 0 aromatic heterocycles. The first-order valence-electron chi connectivity index (χ1n) is 10.7. The molecule has 7 heteroatoms. The highest BCUT2D eigenvalue weighted by atomic mass is 28.4. The van der Waals surface area contributed by atoms with Crippen molar-refractivity contribution in [1.29, 1.82) is 0 Å². The number of nitrogens with zero attached hydrogens (tertiary/aromatic N) is 1. The summed E-state index contributed by atoms with van der Waals surface area (Å²) < 4.78 is 6.27. The predicted molar refractivity (Wildman–Crippen MR) is 118 cm³/mol. The Morgan fingerprint density at radius 2 is 1.97 bits per heavy atom. The number of fused-ring (bicyclic) bond motifs is 1. The van der Waals surface area contributed by atoms with Crippen LogP contribution in [-0.2, 0) is 20.7 Å². The maximum absolute atomic E-state index is 12.8. The fraction of sp³-hybridized carbons (Fsp3) is 0.682. The second-order valence-corrected chi connectivity index (χ2v) is 14.7. The molecule has 3 rings (SSSR count). The number of carbonyl (C=O) groups is 1. The van der Waals surface area contributed by atoms with Gasteiger partial charge in [-0.2, -0.15) is 5.48 Å². The maximum atomic E-state index is 12.8. The van der Waals surface area contributed by atoms with Gasteiger partial charge >= 0.3 is 0 Å². The predicted octanol–water partition coefficient (Wildman–Crippen LogP) is 2.92. The Labute approximate surface area is 176 Å². The fourth-order valence-electron chi connectivity index (χ4n) is 3.80. The van der Waals surface area contributed by atoms with Gasteiger partial charge in [0.15, 0.2) is 8.32 Å². The van der Waals surface area contributed by atoms with E-state index in [-0.39, 0.29) is 23.0 Å². The van der Waals surface area contributed by atoms with Gasteiger partial charge in [0, 0.05) is 31.6 Å². The molecule has 2 N–H and O–H groups in total. The van der Waals surface area contributed by atoms with Crippen molar-refractivity contribution in [3.63, 3.8) is 0 Å². The molecular formula is C22H37N3O3Si. The molecule has 2 saturated heterocycles. The Kier molecular flexibility index (Phi) is 7.17. The number of hydrogen-bond donors (Lipinski definition) is 2. The van der Waals surface area contributed by atoms with Crippen molar-refractivity contribution in [2.45, 2.75) is 64.0 Å². The monoisotopic (exact) mass is 419 g/mol. The smallest absolute Gasteiger partial charge is 0.240 e. The second-order valence-electron chi connectivity index (χ2n) is 9.86. The summed E-state index contributed by atoms with van der Waals surface area (Å²) in [6.07, 6.45) is 0.942. The minimum absolute atomic E-state index is 0.0601. The molecule has 3 atom stereocenters. The SMILES string of the molecule is CC(C)(C)[Si](C)(C)OCCN1C[C@@H]2C[C@@H](NOCc3ccccc3)CN[C@@H]2C1=O. The van der Waals surface area contributed by atoms with Crippen LogP contribution in [0.4, 0.5) is 0 Å². The van der Waals surface area contributed by atoms with Gasteiger partial charge in [-0.1, -0.05) is 51.1 Å². The maximum Gasteiger partial charge on any atom is 0.240 e. The van der Waals surface area contributed by atoms with Crippen LogP contribution < -0.4 is 10.8 Å². The molecule has 6 nitrogen and oxygen atoms in total. The van der Waals surface area contributed by atoms with Crippen molar-refractivity contribution in [1.82, 2.24) is 15.7 Å². The summed E-state index contributed by atoms with van der Waals surface area (Å²) in [6.45, 7) is 14.6. The first-order valence-corrected chi connectivity index (χ1v) is 13.7. The number of rotatable bonds is 8. The summed E-state index contributed by atoms with van der Waals surface area (Å²) in [5.41, 5.74) is 4.32. The summed E-state index contributed by atoms with van der Waals surface area (Å²) in [5.74, 6) is 0.541. The lowest BCUT2D eigenvalue weighted by atomic mass is 9.91. The molecule has 2 fully saturated rings. The molecule has 0 aliphatic carbocycles. The largest absolute Gasteiger partial charge is 0.415 e. The molecule has 1 aromatic rings. The van der Waals surface area contributed by atoms with Crippen LogP contribution in [0.15, 0.2) is 30.3 Å². The summed E-state index contributed by atoms with van der Waals surface area (Å²) in [5, 5.41) is 3.62. The zero-order valence-electron chi connectivity index (χ0n) is 18.5. The van der Waals surface area contributed by atoms with E-state index in [0.717, 1.165) is 25.1 Å². The first kappa shape index (κ1) is 22.4. The first-order chi connectivity index (χ1) is 13.7. The van der Waals surface area contributed by atoms with E-state index < -0.39 is 8.32 Å². The van der Waals surface area contributed by atoms with Crippen LogP contribution in [0.1, 0.15) is 32.8 Å². The summed E-state index contributed by atoms with van der Waals surface area (Å²) in [4.78, 5) is 20.4. The van der Waals surface area contributed by atoms with Gasteiger partial charge in [0.05, 0.1) is 19.3 Å². The van der Waals surface area contributed by atoms with Crippen LogP contribution >= 0.6 is 0 Å². The van der Waals surface area contributed by atoms with Crippen molar-refractivity contribution in [2.75, 3.05) is 26.2 Å². The van der Waals surface area contributed by atoms with Gasteiger partial charge in [-0.15, -0.1) is 0 Å². The van der Waals surface area contributed by atoms with Crippen molar-refractivity contribution in [3.8, 4) is 0 Å². The molecule has 2 aliphatic rings. The van der Waals surface area contributed by atoms with Gasteiger partial charge < -0.3 is 14.6 Å². The van der Waals surface area contributed by atoms with Crippen molar-refractivity contribution >= 4 is 14.2 Å². The van der Waals surface area contributed by atoms with Crippen molar-refractivity contribution in [2.24, 2.45) is 5.92 Å². The number of benzene rings is 1. The van der Waals surface area contributed by atoms with E-state index >= 15 is 0 Å². The highest BCUT2D eigenvalue weighted by molar-refractivity contribution is 6.74. The summed E-state index contributed by atoms with van der Waals surface area (Å²) in [6, 6.07) is 10.3. The normalized spacial score (nSPS) is 25.3. The Bertz CT molecular complexity index is 678. The van der Waals surface area contributed by atoms with Crippen molar-refractivity contribution in [3.05, 3.63) is 35.9 Å². The lowest BCUT2D eigenvalue weighted by Gasteiger charge is -2.36. The van der Waals surface area contributed by atoms with Gasteiger partial charge in [0.25, 0.3) is 0 Å². The van der Waals surface area contributed by atoms with E-state index in [0.29, 0.717) is 25.7 Å². The highest BCUT2D eigenvalue weighted by Crippen LogP contribution is 2.36. The van der Waals surface area contributed by atoms with Crippen LogP contribution in [-0.4, -0.2) is 57.4 Å². The Hall–Kier alpha value is -1.25. The Balaban J connectivity index is 1.42. The van der Waals surface area contributed by atoms with Crippen LogP contribution in [0.2, 0.25) is 18.1 Å². The topological polar surface area (TPSA) is 62.8 Å². The quantitative estimate of drug-likeness (QED) is 0.501. The number of amides is 1. The fourth-order valence-corrected chi connectivity index (χ4v) is 4.83. The van der Waals surface area contributed by atoms with E-state index in [4.69, 9.17) is 9.26 Å². The molecule has 0 spiro atoms. The van der Waals surface area contributed by atoms with Crippen LogP contribution in [0.25, 0.3) is 0 Å². The number of carbonyl (C=O) groups excluding carboxylic acids is 1. The zero-order chi connectivity index (χ0) is 21.1.